The van der Waals surface area contributed by atoms with Crippen LogP contribution in [0.3, 0.4) is 0 Å². The van der Waals surface area contributed by atoms with Gasteiger partial charge in [0.05, 0.1) is 17.7 Å². The predicted octanol–water partition coefficient (Wildman–Crippen LogP) is 2.57. The quantitative estimate of drug-likeness (QED) is 0.266. The average Bonchev–Trinajstić information content (AvgIpc) is 3.32. The van der Waals surface area contributed by atoms with Gasteiger partial charge >= 0.3 is 5.69 Å². The number of thioether (sulfide) groups is 1. The van der Waals surface area contributed by atoms with Crippen molar-refractivity contribution in [1.82, 2.24) is 24.7 Å². The van der Waals surface area contributed by atoms with Crippen molar-refractivity contribution in [2.24, 2.45) is 5.10 Å². The molecule has 0 aliphatic rings. The first-order valence-corrected chi connectivity index (χ1v) is 8.27. The van der Waals surface area contributed by atoms with Gasteiger partial charge in [-0.1, -0.05) is 11.8 Å². The lowest BCUT2D eigenvalue weighted by molar-refractivity contribution is -0.385. The van der Waals surface area contributed by atoms with E-state index in [0.717, 1.165) is 22.6 Å². The van der Waals surface area contributed by atoms with Gasteiger partial charge in [-0.15, -0.1) is 10.2 Å². The van der Waals surface area contributed by atoms with Crippen LogP contribution < -0.4 is 0 Å². The van der Waals surface area contributed by atoms with Gasteiger partial charge in [-0.2, -0.15) is 14.9 Å². The predicted molar refractivity (Wildman–Crippen MR) is 86.4 cm³/mol. The Labute approximate surface area is 148 Å². The maximum Gasteiger partial charge on any atom is 0.307 e. The molecule has 3 heterocycles. The van der Waals surface area contributed by atoms with Gasteiger partial charge in [0, 0.05) is 0 Å². The molecular weight excluding hydrogens is 372 g/mol. The number of nitrogens with zero attached hydrogens (tertiary/aromatic N) is 7. The summed E-state index contributed by atoms with van der Waals surface area (Å²) in [4.78, 5) is 10.1. The van der Waals surface area contributed by atoms with E-state index in [1.54, 1.807) is 18.4 Å². The van der Waals surface area contributed by atoms with Crippen LogP contribution in [0.5, 0.6) is 0 Å². The number of hydrogen-bond acceptors (Lipinski definition) is 8. The van der Waals surface area contributed by atoms with Gasteiger partial charge in [0.15, 0.2) is 0 Å². The van der Waals surface area contributed by atoms with Crippen molar-refractivity contribution in [2.75, 3.05) is 6.26 Å². The zero-order chi connectivity index (χ0) is 18.7. The van der Waals surface area contributed by atoms with E-state index in [9.17, 15) is 18.9 Å². The number of rotatable bonds is 7. The molecule has 0 atom stereocenters. The number of aromatic nitrogens is 5. The molecule has 0 unspecified atom stereocenters. The molecule has 0 saturated heterocycles. The minimum absolute atomic E-state index is 0.130. The standard InChI is InChI=1S/C13H11F2N7O3S/c1-26-13-19-18-12(11(14)15)21(13)17-5-9-2-3-10(25-9)7-20-6-8(4-16-20)22(23)24/h2-6,11H,7H2,1H3/b17-5-. The Kier molecular flexibility index (Phi) is 5.06. The van der Waals surface area contributed by atoms with E-state index < -0.39 is 17.2 Å². The highest BCUT2D eigenvalue weighted by atomic mass is 32.2. The fourth-order valence-corrected chi connectivity index (χ4v) is 2.44. The maximum atomic E-state index is 12.9. The monoisotopic (exact) mass is 383 g/mol. The first kappa shape index (κ1) is 17.7. The number of hydrogen-bond donors (Lipinski definition) is 0. The molecule has 136 valence electrons. The number of halogens is 2. The van der Waals surface area contributed by atoms with Gasteiger partial charge in [-0.05, 0) is 18.4 Å². The Morgan fingerprint density at radius 2 is 2.27 bits per heavy atom. The van der Waals surface area contributed by atoms with Crippen LogP contribution >= 0.6 is 11.8 Å². The van der Waals surface area contributed by atoms with Crippen LogP contribution in [-0.4, -0.2) is 42.0 Å². The van der Waals surface area contributed by atoms with Gasteiger partial charge in [-0.25, -0.2) is 8.78 Å². The van der Waals surface area contributed by atoms with Crippen LogP contribution in [0.1, 0.15) is 23.8 Å². The summed E-state index contributed by atoms with van der Waals surface area (Å²) in [6, 6.07) is 3.21. The molecule has 0 aliphatic carbocycles. The Morgan fingerprint density at radius 1 is 1.46 bits per heavy atom. The highest BCUT2D eigenvalue weighted by Gasteiger charge is 2.19. The molecule has 0 radical (unpaired) electrons. The van der Waals surface area contributed by atoms with E-state index in [0.29, 0.717) is 11.5 Å². The molecule has 0 aliphatic heterocycles. The summed E-state index contributed by atoms with van der Waals surface area (Å²) in [5, 5.41) is 25.7. The van der Waals surface area contributed by atoms with Gasteiger partial charge in [0.2, 0.25) is 11.0 Å². The summed E-state index contributed by atoms with van der Waals surface area (Å²) >= 11 is 1.13. The molecule has 0 amide bonds. The van der Waals surface area contributed by atoms with Crippen molar-refractivity contribution in [3.8, 4) is 0 Å². The summed E-state index contributed by atoms with van der Waals surface area (Å²) < 4.78 is 33.6. The molecule has 10 nitrogen and oxygen atoms in total. The van der Waals surface area contributed by atoms with E-state index in [1.165, 1.54) is 17.1 Å². The lowest BCUT2D eigenvalue weighted by atomic mass is 10.4. The van der Waals surface area contributed by atoms with Crippen LogP contribution in [0.15, 0.2) is 39.2 Å². The van der Waals surface area contributed by atoms with Crippen LogP contribution in [0, 0.1) is 10.1 Å². The molecule has 0 N–H and O–H groups in total. The van der Waals surface area contributed by atoms with Crippen LogP contribution in [-0.2, 0) is 6.54 Å². The molecular formula is C13H11F2N7O3S. The minimum Gasteiger partial charge on any atom is -0.458 e. The Morgan fingerprint density at radius 3 is 2.92 bits per heavy atom. The Balaban J connectivity index is 1.75. The smallest absolute Gasteiger partial charge is 0.307 e. The second kappa shape index (κ2) is 7.43. The summed E-state index contributed by atoms with van der Waals surface area (Å²) in [5.41, 5.74) is -0.130. The second-order valence-corrected chi connectivity index (χ2v) is 5.63. The van der Waals surface area contributed by atoms with Crippen molar-refractivity contribution in [2.45, 2.75) is 18.1 Å². The van der Waals surface area contributed by atoms with Gasteiger partial charge in [0.1, 0.15) is 23.9 Å². The van der Waals surface area contributed by atoms with E-state index in [4.69, 9.17) is 4.42 Å². The Bertz CT molecular complexity index is 949. The number of alkyl halides is 2. The second-order valence-electron chi connectivity index (χ2n) is 4.86. The lowest BCUT2D eigenvalue weighted by Crippen LogP contribution is -2.00. The molecule has 0 spiro atoms. The highest BCUT2D eigenvalue weighted by Crippen LogP contribution is 2.21. The number of nitro groups is 1. The summed E-state index contributed by atoms with van der Waals surface area (Å²) in [7, 11) is 0. The molecule has 3 aromatic heterocycles. The van der Waals surface area contributed by atoms with E-state index in [1.807, 2.05) is 0 Å². The third kappa shape index (κ3) is 3.77. The van der Waals surface area contributed by atoms with Gasteiger partial charge < -0.3 is 4.42 Å². The van der Waals surface area contributed by atoms with Gasteiger partial charge in [0.25, 0.3) is 6.43 Å². The van der Waals surface area contributed by atoms with Crippen molar-refractivity contribution in [1.29, 1.82) is 0 Å². The summed E-state index contributed by atoms with van der Waals surface area (Å²) in [5.74, 6) is 0.205. The lowest BCUT2D eigenvalue weighted by Gasteiger charge is -2.00. The molecule has 26 heavy (non-hydrogen) atoms. The van der Waals surface area contributed by atoms with Crippen LogP contribution in [0.25, 0.3) is 0 Å². The topological polar surface area (TPSA) is 117 Å². The SMILES string of the molecule is CSc1nnc(C(F)F)n1/N=C\c1ccc(Cn2cc([N+](=O)[O-])cn2)o1. The fraction of sp³-hybridized carbons (Fsp3) is 0.231. The molecule has 0 saturated carbocycles. The molecule has 13 heteroatoms. The highest BCUT2D eigenvalue weighted by molar-refractivity contribution is 7.98. The van der Waals surface area contributed by atoms with Crippen molar-refractivity contribution in [3.63, 3.8) is 0 Å². The molecule has 0 fully saturated rings. The fourth-order valence-electron chi connectivity index (χ4n) is 2.01. The third-order valence-corrected chi connectivity index (χ3v) is 3.76. The summed E-state index contributed by atoms with van der Waals surface area (Å²) in [6.07, 6.45) is 2.51. The van der Waals surface area contributed by atoms with Gasteiger partial charge in [-0.3, -0.25) is 14.8 Å². The van der Waals surface area contributed by atoms with Crippen molar-refractivity contribution >= 4 is 23.7 Å². The van der Waals surface area contributed by atoms with E-state index >= 15 is 0 Å². The van der Waals surface area contributed by atoms with Crippen LogP contribution in [0.4, 0.5) is 14.5 Å². The zero-order valence-electron chi connectivity index (χ0n) is 13.2. The maximum absolute atomic E-state index is 12.9. The zero-order valence-corrected chi connectivity index (χ0v) is 14.0. The largest absolute Gasteiger partial charge is 0.458 e. The molecule has 3 rings (SSSR count). The normalized spacial score (nSPS) is 11.7. The molecule has 0 bridgehead atoms. The van der Waals surface area contributed by atoms with E-state index in [2.05, 4.69) is 20.4 Å². The minimum atomic E-state index is -2.82. The third-order valence-electron chi connectivity index (χ3n) is 3.15. The van der Waals surface area contributed by atoms with Crippen molar-refractivity contribution < 1.29 is 18.1 Å². The molecule has 3 aromatic rings. The summed E-state index contributed by atoms with van der Waals surface area (Å²) in [6.45, 7) is 0.173. The van der Waals surface area contributed by atoms with Crippen LogP contribution in [0.2, 0.25) is 0 Å². The first-order chi connectivity index (χ1) is 12.5. The first-order valence-electron chi connectivity index (χ1n) is 7.05. The Hall–Kier alpha value is -3.09. The average molecular weight is 383 g/mol. The number of furan rings is 1. The van der Waals surface area contributed by atoms with Crippen molar-refractivity contribution in [3.05, 3.63) is 52.0 Å². The van der Waals surface area contributed by atoms with E-state index in [-0.39, 0.29) is 17.4 Å². The molecule has 0 aromatic carbocycles.